The molecule has 4 nitrogen and oxygen atoms in total. The molecule has 0 aliphatic rings. The highest BCUT2D eigenvalue weighted by molar-refractivity contribution is 7.88. The van der Waals surface area contributed by atoms with Gasteiger partial charge in [0.2, 0.25) is 0 Å². The molecule has 4 aromatic carbocycles. The van der Waals surface area contributed by atoms with Crippen LogP contribution in [-0.2, 0) is 10.1 Å². The maximum atomic E-state index is 13.5. The zero-order valence-electron chi connectivity index (χ0n) is 15.4. The summed E-state index contributed by atoms with van der Waals surface area (Å²) < 4.78 is 88.0. The normalized spacial score (nSPS) is 11.8. The van der Waals surface area contributed by atoms with Gasteiger partial charge in [-0.25, -0.2) is 8.78 Å². The predicted molar refractivity (Wildman–Crippen MR) is 105 cm³/mol. The van der Waals surface area contributed by atoms with E-state index in [-0.39, 0.29) is 5.75 Å². The van der Waals surface area contributed by atoms with Crippen LogP contribution in [0.5, 0.6) is 11.5 Å². The van der Waals surface area contributed by atoms with Crippen molar-refractivity contribution in [3.63, 3.8) is 0 Å². The van der Waals surface area contributed by atoms with Crippen LogP contribution < -0.4 is 4.18 Å². The Bertz CT molecular complexity index is 1310. The molecule has 0 aliphatic carbocycles. The molecular weight excluding hydrogens is 443 g/mol. The highest BCUT2D eigenvalue weighted by Gasteiger charge is 2.48. The molecule has 0 spiro atoms. The van der Waals surface area contributed by atoms with Crippen molar-refractivity contribution < 1.29 is 39.7 Å². The van der Waals surface area contributed by atoms with E-state index in [0.29, 0.717) is 10.8 Å². The van der Waals surface area contributed by atoms with E-state index < -0.39 is 33.0 Å². The number of fused-ring (bicyclic) bond motifs is 2. The van der Waals surface area contributed by atoms with E-state index in [4.69, 9.17) is 5.11 Å². The van der Waals surface area contributed by atoms with Gasteiger partial charge < -0.3 is 9.29 Å². The fraction of sp³-hybridized carbons (Fsp3) is 0.0476. The smallest absolute Gasteiger partial charge is 0.505 e. The Labute approximate surface area is 173 Å². The Balaban J connectivity index is 0.000000194. The van der Waals surface area contributed by atoms with Gasteiger partial charge in [-0.1, -0.05) is 48.5 Å². The van der Waals surface area contributed by atoms with Gasteiger partial charge in [0.25, 0.3) is 0 Å². The molecule has 162 valence electrons. The third kappa shape index (κ3) is 5.02. The van der Waals surface area contributed by atoms with Crippen LogP contribution in [0.1, 0.15) is 0 Å². The Morgan fingerprint density at radius 1 is 0.710 bits per heavy atom. The molecular formula is C21H13F5O4S. The number of aromatic hydroxyl groups is 1. The summed E-state index contributed by atoms with van der Waals surface area (Å²) in [6.45, 7) is 0. The second kappa shape index (κ2) is 8.38. The molecule has 1 N–H and O–H groups in total. The molecule has 0 fully saturated rings. The van der Waals surface area contributed by atoms with Crippen molar-refractivity contribution in [3.8, 4) is 11.5 Å². The summed E-state index contributed by atoms with van der Waals surface area (Å²) in [6.07, 6.45) is 0. The molecule has 31 heavy (non-hydrogen) atoms. The molecule has 0 radical (unpaired) electrons. The summed E-state index contributed by atoms with van der Waals surface area (Å²) in [5.41, 5.74) is -5.61. The molecule has 0 heterocycles. The minimum absolute atomic E-state index is 0.297. The summed E-state index contributed by atoms with van der Waals surface area (Å²) in [6, 6.07) is 18.0. The highest BCUT2D eigenvalue weighted by atomic mass is 32.2. The van der Waals surface area contributed by atoms with E-state index >= 15 is 0 Å². The summed E-state index contributed by atoms with van der Waals surface area (Å²) in [5, 5.41) is 11.5. The number of rotatable bonds is 2. The third-order valence-corrected chi connectivity index (χ3v) is 5.06. The fourth-order valence-electron chi connectivity index (χ4n) is 2.62. The van der Waals surface area contributed by atoms with Gasteiger partial charge in [-0.3, -0.25) is 0 Å². The van der Waals surface area contributed by atoms with Crippen molar-refractivity contribution in [1.82, 2.24) is 0 Å². The molecule has 4 aromatic rings. The van der Waals surface area contributed by atoms with Crippen molar-refractivity contribution in [2.24, 2.45) is 0 Å². The molecule has 0 unspecified atom stereocenters. The van der Waals surface area contributed by atoms with Crippen molar-refractivity contribution in [2.75, 3.05) is 0 Å². The third-order valence-electron chi connectivity index (χ3n) is 4.10. The van der Waals surface area contributed by atoms with Gasteiger partial charge in [0.05, 0.1) is 0 Å². The van der Waals surface area contributed by atoms with Crippen LogP contribution in [0.3, 0.4) is 0 Å². The highest BCUT2D eigenvalue weighted by Crippen LogP contribution is 2.31. The first-order valence-corrected chi connectivity index (χ1v) is 9.95. The lowest BCUT2D eigenvalue weighted by molar-refractivity contribution is -0.0500. The van der Waals surface area contributed by atoms with Gasteiger partial charge in [-0.05, 0) is 45.8 Å². The largest absolute Gasteiger partial charge is 0.534 e. The number of hydrogen-bond acceptors (Lipinski definition) is 4. The maximum absolute atomic E-state index is 13.5. The number of halogens is 5. The summed E-state index contributed by atoms with van der Waals surface area (Å²) in [7, 11) is -5.88. The molecule has 10 heteroatoms. The van der Waals surface area contributed by atoms with Crippen molar-refractivity contribution >= 4 is 31.7 Å². The first-order valence-electron chi connectivity index (χ1n) is 8.54. The topological polar surface area (TPSA) is 63.6 Å². The Hall–Kier alpha value is -3.40. The standard InChI is InChI=1S/C11H6F4O3S.C10H7FO/c12-9-5-7-3-1-2-4-8(7)6-10(9)18-19(16,17)11(13,14)15;11-9-5-7-3-1-2-4-8(7)6-10(9)12/h1-6H;1-6,12H. The van der Waals surface area contributed by atoms with Gasteiger partial charge >= 0.3 is 15.6 Å². The first kappa shape index (κ1) is 22.3. The maximum Gasteiger partial charge on any atom is 0.534 e. The quantitative estimate of drug-likeness (QED) is 0.232. The Kier molecular flexibility index (Phi) is 6.03. The Morgan fingerprint density at radius 3 is 1.61 bits per heavy atom. The van der Waals surface area contributed by atoms with E-state index in [1.165, 1.54) is 24.3 Å². The number of hydrogen-bond donors (Lipinski definition) is 1. The molecule has 0 bridgehead atoms. The van der Waals surface area contributed by atoms with Gasteiger partial charge in [0.15, 0.2) is 23.1 Å². The van der Waals surface area contributed by atoms with Crippen molar-refractivity contribution in [1.29, 1.82) is 0 Å². The lowest BCUT2D eigenvalue weighted by atomic mass is 10.1. The minimum atomic E-state index is -5.88. The predicted octanol–water partition coefficient (Wildman–Crippen LogP) is 5.89. The van der Waals surface area contributed by atoms with Crippen molar-refractivity contribution in [2.45, 2.75) is 5.51 Å². The molecule has 0 aromatic heterocycles. The van der Waals surface area contributed by atoms with E-state index in [0.717, 1.165) is 22.9 Å². The zero-order valence-corrected chi connectivity index (χ0v) is 16.2. The van der Waals surface area contributed by atoms with E-state index in [9.17, 15) is 30.4 Å². The van der Waals surface area contributed by atoms with Gasteiger partial charge in [-0.2, -0.15) is 21.6 Å². The van der Waals surface area contributed by atoms with E-state index in [1.54, 1.807) is 18.2 Å². The number of phenolic OH excluding ortho intramolecular Hbond substituents is 1. The van der Waals surface area contributed by atoms with E-state index in [1.807, 2.05) is 18.2 Å². The second-order valence-electron chi connectivity index (χ2n) is 6.26. The Morgan fingerprint density at radius 2 is 1.13 bits per heavy atom. The van der Waals surface area contributed by atoms with Gasteiger partial charge in [0, 0.05) is 0 Å². The van der Waals surface area contributed by atoms with Crippen LogP contribution in [0.25, 0.3) is 21.5 Å². The lowest BCUT2D eigenvalue weighted by Crippen LogP contribution is -2.28. The van der Waals surface area contributed by atoms with Crippen LogP contribution in [0, 0.1) is 11.6 Å². The molecule has 0 saturated carbocycles. The SMILES string of the molecule is O=S(=O)(Oc1cc2ccccc2cc1F)C(F)(F)F.Oc1cc2ccccc2cc1F. The fourth-order valence-corrected chi connectivity index (χ4v) is 3.08. The van der Waals surface area contributed by atoms with Gasteiger partial charge in [0.1, 0.15) is 0 Å². The monoisotopic (exact) mass is 456 g/mol. The average molecular weight is 456 g/mol. The van der Waals surface area contributed by atoms with Crippen molar-refractivity contribution in [3.05, 3.63) is 84.4 Å². The van der Waals surface area contributed by atoms with Crippen LogP contribution >= 0.6 is 0 Å². The van der Waals surface area contributed by atoms with Crippen LogP contribution in [0.15, 0.2) is 72.8 Å². The number of phenols is 1. The minimum Gasteiger partial charge on any atom is -0.505 e. The van der Waals surface area contributed by atoms with Gasteiger partial charge in [-0.15, -0.1) is 0 Å². The van der Waals surface area contributed by atoms with Crippen LogP contribution in [0.2, 0.25) is 0 Å². The van der Waals surface area contributed by atoms with Crippen LogP contribution in [-0.4, -0.2) is 19.0 Å². The molecule has 0 saturated heterocycles. The molecule has 4 rings (SSSR count). The first-order chi connectivity index (χ1) is 14.5. The van der Waals surface area contributed by atoms with Crippen LogP contribution in [0.4, 0.5) is 22.0 Å². The summed E-state index contributed by atoms with van der Waals surface area (Å²) >= 11 is 0. The molecule has 0 aliphatic heterocycles. The van der Waals surface area contributed by atoms with E-state index in [2.05, 4.69) is 4.18 Å². The summed E-state index contributed by atoms with van der Waals surface area (Å²) in [5.74, 6) is -3.05. The molecule has 0 amide bonds. The summed E-state index contributed by atoms with van der Waals surface area (Å²) in [4.78, 5) is 0. The number of alkyl halides is 3. The molecule has 0 atom stereocenters. The zero-order chi connectivity index (χ0) is 22.8. The lowest BCUT2D eigenvalue weighted by Gasteiger charge is -2.10. The number of benzene rings is 4. The average Bonchev–Trinajstić information content (AvgIpc) is 2.69. The second-order valence-corrected chi connectivity index (χ2v) is 7.80.